The van der Waals surface area contributed by atoms with Gasteiger partial charge in [-0.15, -0.1) is 0 Å². The van der Waals surface area contributed by atoms with Crippen molar-refractivity contribution in [1.82, 2.24) is 9.88 Å². The standard InChI is InChI=1S/C20H22N2O3/c1-13-2-4-17-16(8-13)15(11-21-17)9-19(23)22-12-14-3-5-18(22)20(10-14)24-6-7-25-20/h2-5,8,11,14,18,21H,6-7,9-10,12H2,1H3. The number of H-pyrrole nitrogens is 1. The fraction of sp³-hybridized carbons (Fsp3) is 0.450. The van der Waals surface area contributed by atoms with Crippen LogP contribution in [0.15, 0.2) is 36.5 Å². The largest absolute Gasteiger partial charge is 0.361 e. The maximum Gasteiger partial charge on any atom is 0.227 e. The van der Waals surface area contributed by atoms with Gasteiger partial charge in [0.15, 0.2) is 5.79 Å². The summed E-state index contributed by atoms with van der Waals surface area (Å²) in [6.07, 6.45) is 7.51. The van der Waals surface area contributed by atoms with Crippen molar-refractivity contribution in [2.75, 3.05) is 19.8 Å². The number of ether oxygens (including phenoxy) is 2. The molecule has 6 rings (SSSR count). The summed E-state index contributed by atoms with van der Waals surface area (Å²) in [5.74, 6) is -0.165. The highest BCUT2D eigenvalue weighted by Gasteiger charge is 2.54. The van der Waals surface area contributed by atoms with Crippen LogP contribution in [-0.4, -0.2) is 47.4 Å². The monoisotopic (exact) mass is 338 g/mol. The van der Waals surface area contributed by atoms with Gasteiger partial charge in [-0.05, 0) is 30.5 Å². The maximum absolute atomic E-state index is 13.1. The maximum atomic E-state index is 13.1. The van der Waals surface area contributed by atoms with Crippen LogP contribution in [0.25, 0.3) is 10.9 Å². The van der Waals surface area contributed by atoms with Gasteiger partial charge < -0.3 is 19.4 Å². The Labute approximate surface area is 146 Å². The number of aromatic amines is 1. The van der Waals surface area contributed by atoms with Crippen molar-refractivity contribution in [2.45, 2.75) is 31.6 Å². The number of rotatable bonds is 2. The van der Waals surface area contributed by atoms with Gasteiger partial charge in [0.1, 0.15) is 6.04 Å². The van der Waals surface area contributed by atoms with E-state index >= 15 is 0 Å². The van der Waals surface area contributed by atoms with Gasteiger partial charge in [0.05, 0.1) is 19.6 Å². The number of aromatic nitrogens is 1. The summed E-state index contributed by atoms with van der Waals surface area (Å²) >= 11 is 0. The Morgan fingerprint density at radius 1 is 1.32 bits per heavy atom. The quantitative estimate of drug-likeness (QED) is 0.856. The molecule has 2 bridgehead atoms. The smallest absolute Gasteiger partial charge is 0.227 e. The van der Waals surface area contributed by atoms with E-state index in [4.69, 9.17) is 9.47 Å². The van der Waals surface area contributed by atoms with E-state index in [1.165, 1.54) is 5.56 Å². The summed E-state index contributed by atoms with van der Waals surface area (Å²) in [5, 5.41) is 1.13. The SMILES string of the molecule is Cc1ccc2[nH]cc(CC(=O)N3CC4C=CC3C3(C4)OCCO3)c2c1. The lowest BCUT2D eigenvalue weighted by molar-refractivity contribution is -0.223. The van der Waals surface area contributed by atoms with Gasteiger partial charge in [-0.2, -0.15) is 0 Å². The van der Waals surface area contributed by atoms with Crippen LogP contribution < -0.4 is 0 Å². The zero-order valence-corrected chi connectivity index (χ0v) is 14.3. The van der Waals surface area contributed by atoms with E-state index < -0.39 is 5.79 Å². The summed E-state index contributed by atoms with van der Waals surface area (Å²) in [6.45, 7) is 4.06. The Bertz CT molecular complexity index is 863. The highest BCUT2D eigenvalue weighted by molar-refractivity contribution is 5.89. The van der Waals surface area contributed by atoms with Crippen molar-refractivity contribution in [3.63, 3.8) is 0 Å². The van der Waals surface area contributed by atoms with Gasteiger partial charge in [0, 0.05) is 30.1 Å². The molecule has 2 unspecified atom stereocenters. The topological polar surface area (TPSA) is 54.6 Å². The van der Waals surface area contributed by atoms with Crippen molar-refractivity contribution in [2.24, 2.45) is 5.92 Å². The molecule has 5 nitrogen and oxygen atoms in total. The molecule has 2 aromatic rings. The predicted octanol–water partition coefficient (Wildman–Crippen LogP) is 2.55. The van der Waals surface area contributed by atoms with E-state index in [2.05, 4.69) is 42.3 Å². The molecule has 3 aliphatic heterocycles. The average Bonchev–Trinajstić information content (AvgIpc) is 3.23. The highest BCUT2D eigenvalue weighted by Crippen LogP contribution is 2.43. The molecule has 2 fully saturated rings. The molecule has 5 heteroatoms. The van der Waals surface area contributed by atoms with Crippen LogP contribution >= 0.6 is 0 Å². The fourth-order valence-electron chi connectivity index (χ4n) is 4.52. The molecule has 2 saturated heterocycles. The second-order valence-corrected chi connectivity index (χ2v) is 7.39. The molecule has 2 atom stereocenters. The molecule has 1 N–H and O–H groups in total. The number of aryl methyl sites for hydroxylation is 1. The molecule has 1 amide bonds. The Kier molecular flexibility index (Phi) is 3.30. The number of nitrogens with zero attached hydrogens (tertiary/aromatic N) is 1. The van der Waals surface area contributed by atoms with E-state index in [1.54, 1.807) is 0 Å². The lowest BCUT2D eigenvalue weighted by Gasteiger charge is -2.50. The third-order valence-electron chi connectivity index (χ3n) is 5.69. The van der Waals surface area contributed by atoms with E-state index in [9.17, 15) is 4.79 Å². The number of carbonyl (C=O) groups excluding carboxylic acids is 1. The van der Waals surface area contributed by atoms with Crippen LogP contribution in [0.1, 0.15) is 17.5 Å². The minimum absolute atomic E-state index is 0.112. The average molecular weight is 338 g/mol. The van der Waals surface area contributed by atoms with E-state index in [0.29, 0.717) is 25.6 Å². The third-order valence-corrected chi connectivity index (χ3v) is 5.69. The lowest BCUT2D eigenvalue weighted by Crippen LogP contribution is -2.63. The van der Waals surface area contributed by atoms with Crippen molar-refractivity contribution < 1.29 is 14.3 Å². The molecular weight excluding hydrogens is 316 g/mol. The summed E-state index contributed by atoms with van der Waals surface area (Å²) < 4.78 is 11.9. The summed E-state index contributed by atoms with van der Waals surface area (Å²) in [7, 11) is 0. The molecule has 1 aliphatic carbocycles. The van der Waals surface area contributed by atoms with Crippen molar-refractivity contribution in [1.29, 1.82) is 0 Å². The van der Waals surface area contributed by atoms with Crippen molar-refractivity contribution >= 4 is 16.8 Å². The van der Waals surface area contributed by atoms with Crippen LogP contribution in [0, 0.1) is 12.8 Å². The van der Waals surface area contributed by atoms with E-state index in [1.807, 2.05) is 11.1 Å². The molecule has 1 aromatic heterocycles. The van der Waals surface area contributed by atoms with Gasteiger partial charge in [0.25, 0.3) is 0 Å². The van der Waals surface area contributed by atoms with Crippen molar-refractivity contribution in [3.05, 3.63) is 47.7 Å². The molecule has 4 aliphatic rings. The summed E-state index contributed by atoms with van der Waals surface area (Å²) in [6, 6.07) is 6.18. The first kappa shape index (κ1) is 15.2. The number of hydrogen-bond acceptors (Lipinski definition) is 3. The molecule has 1 spiro atoms. The number of benzene rings is 1. The zero-order chi connectivity index (χ0) is 17.0. The van der Waals surface area contributed by atoms with Gasteiger partial charge >= 0.3 is 0 Å². The predicted molar refractivity (Wildman–Crippen MR) is 94.1 cm³/mol. The van der Waals surface area contributed by atoms with Crippen LogP contribution in [-0.2, 0) is 20.7 Å². The highest BCUT2D eigenvalue weighted by atomic mass is 16.7. The fourth-order valence-corrected chi connectivity index (χ4v) is 4.52. The first-order valence-corrected chi connectivity index (χ1v) is 8.97. The Morgan fingerprint density at radius 3 is 2.96 bits per heavy atom. The lowest BCUT2D eigenvalue weighted by atomic mass is 9.80. The van der Waals surface area contributed by atoms with Crippen LogP contribution in [0.4, 0.5) is 0 Å². The molecular formula is C20H22N2O3. The second kappa shape index (κ2) is 5.44. The number of piperidine rings is 1. The molecule has 25 heavy (non-hydrogen) atoms. The van der Waals surface area contributed by atoms with Gasteiger partial charge in [-0.25, -0.2) is 0 Å². The van der Waals surface area contributed by atoms with Crippen LogP contribution in [0.3, 0.4) is 0 Å². The molecule has 130 valence electrons. The second-order valence-electron chi connectivity index (χ2n) is 7.39. The third kappa shape index (κ3) is 2.34. The van der Waals surface area contributed by atoms with Gasteiger partial charge in [0.2, 0.25) is 5.91 Å². The zero-order valence-electron chi connectivity index (χ0n) is 14.3. The minimum Gasteiger partial charge on any atom is -0.361 e. The van der Waals surface area contributed by atoms with Gasteiger partial charge in [-0.3, -0.25) is 4.79 Å². The first-order chi connectivity index (χ1) is 12.1. The molecule has 4 heterocycles. The normalized spacial score (nSPS) is 26.8. The number of carbonyl (C=O) groups is 1. The number of fused-ring (bicyclic) bond motifs is 2. The van der Waals surface area contributed by atoms with E-state index in [-0.39, 0.29) is 11.9 Å². The number of hydrogen-bond donors (Lipinski definition) is 1. The number of amides is 1. The van der Waals surface area contributed by atoms with Crippen LogP contribution in [0.5, 0.6) is 0 Å². The van der Waals surface area contributed by atoms with Crippen LogP contribution in [0.2, 0.25) is 0 Å². The Hall–Kier alpha value is -2.11. The summed E-state index contributed by atoms with van der Waals surface area (Å²) in [5.41, 5.74) is 3.33. The van der Waals surface area contributed by atoms with Crippen molar-refractivity contribution in [3.8, 4) is 0 Å². The minimum atomic E-state index is -0.621. The number of nitrogens with one attached hydrogen (secondary N) is 1. The molecule has 1 aromatic carbocycles. The van der Waals surface area contributed by atoms with Gasteiger partial charge in [-0.1, -0.05) is 23.8 Å². The molecule has 0 radical (unpaired) electrons. The Balaban J connectivity index is 1.42. The summed E-state index contributed by atoms with van der Waals surface area (Å²) in [4.78, 5) is 18.3. The van der Waals surface area contributed by atoms with E-state index in [0.717, 1.165) is 29.4 Å². The first-order valence-electron chi connectivity index (χ1n) is 8.97. The Morgan fingerprint density at radius 2 is 2.16 bits per heavy atom. The molecule has 0 saturated carbocycles.